The summed E-state index contributed by atoms with van der Waals surface area (Å²) in [5.74, 6) is -0.309. The lowest BCUT2D eigenvalue weighted by atomic mass is 9.92. The predicted octanol–water partition coefficient (Wildman–Crippen LogP) is 4.60. The Morgan fingerprint density at radius 2 is 1.33 bits per heavy atom. The van der Waals surface area contributed by atoms with Crippen molar-refractivity contribution < 1.29 is 4.39 Å². The molecule has 116 valence electrons. The van der Waals surface area contributed by atoms with Crippen LogP contribution < -0.4 is 0 Å². The van der Waals surface area contributed by atoms with Crippen LogP contribution in [-0.2, 0) is 5.66 Å². The maximum atomic E-state index is 14.6. The highest BCUT2D eigenvalue weighted by Crippen LogP contribution is 2.39. The van der Waals surface area contributed by atoms with Crippen LogP contribution in [0.25, 0.3) is 0 Å². The molecule has 0 saturated heterocycles. The molecule has 3 aromatic rings. The van der Waals surface area contributed by atoms with E-state index in [1.54, 1.807) is 18.3 Å². The molecule has 0 aliphatic carbocycles. The van der Waals surface area contributed by atoms with Gasteiger partial charge in [0.15, 0.2) is 0 Å². The number of hydrogen-bond donors (Lipinski definition) is 0. The maximum Gasteiger partial charge on any atom is 0.204 e. The molecular formula is C21H15FN2. The van der Waals surface area contributed by atoms with Crippen LogP contribution in [0.3, 0.4) is 0 Å². The van der Waals surface area contributed by atoms with E-state index in [2.05, 4.69) is 4.99 Å². The fraction of sp³-hybridized carbons (Fsp3) is 0.0476. The van der Waals surface area contributed by atoms with Crippen LogP contribution in [0.5, 0.6) is 0 Å². The molecule has 0 spiro atoms. The SMILES string of the molecule is Fc1ccccc1C1(c2ccccc2)N=CC(c2ccccc2)=N1. The number of aliphatic imine (C=N–C) groups is 2. The third kappa shape index (κ3) is 2.35. The third-order valence-corrected chi connectivity index (χ3v) is 4.15. The quantitative estimate of drug-likeness (QED) is 0.675. The van der Waals surface area contributed by atoms with Crippen LogP contribution in [0.1, 0.15) is 16.7 Å². The van der Waals surface area contributed by atoms with Crippen molar-refractivity contribution in [3.63, 3.8) is 0 Å². The Morgan fingerprint density at radius 3 is 2.04 bits per heavy atom. The van der Waals surface area contributed by atoms with Crippen molar-refractivity contribution in [2.75, 3.05) is 0 Å². The van der Waals surface area contributed by atoms with Crippen molar-refractivity contribution in [2.45, 2.75) is 5.66 Å². The monoisotopic (exact) mass is 314 g/mol. The van der Waals surface area contributed by atoms with Crippen LogP contribution in [0, 0.1) is 5.82 Å². The number of benzene rings is 3. The molecule has 1 heterocycles. The summed E-state index contributed by atoms with van der Waals surface area (Å²) >= 11 is 0. The van der Waals surface area contributed by atoms with Crippen molar-refractivity contribution in [1.82, 2.24) is 0 Å². The molecule has 3 aromatic carbocycles. The summed E-state index contributed by atoms with van der Waals surface area (Å²) in [5, 5.41) is 0. The molecule has 0 radical (unpaired) electrons. The molecule has 3 heteroatoms. The second kappa shape index (κ2) is 5.85. The van der Waals surface area contributed by atoms with Crippen molar-refractivity contribution in [1.29, 1.82) is 0 Å². The second-order valence-electron chi connectivity index (χ2n) is 5.64. The summed E-state index contributed by atoms with van der Waals surface area (Å²) in [6, 6.07) is 26.1. The number of halogens is 1. The van der Waals surface area contributed by atoms with Crippen LogP contribution in [0.15, 0.2) is 94.9 Å². The molecule has 0 fully saturated rings. The molecule has 1 aliphatic rings. The molecule has 2 nitrogen and oxygen atoms in total. The molecule has 1 aliphatic heterocycles. The number of nitrogens with zero attached hydrogens (tertiary/aromatic N) is 2. The van der Waals surface area contributed by atoms with Gasteiger partial charge >= 0.3 is 0 Å². The minimum Gasteiger partial charge on any atom is -0.252 e. The molecule has 1 atom stereocenters. The highest BCUT2D eigenvalue weighted by Gasteiger charge is 2.38. The van der Waals surface area contributed by atoms with Crippen molar-refractivity contribution in [2.24, 2.45) is 9.98 Å². The van der Waals surface area contributed by atoms with Gasteiger partial charge in [0, 0.05) is 16.7 Å². The minimum atomic E-state index is -1.07. The maximum absolute atomic E-state index is 14.6. The zero-order valence-corrected chi connectivity index (χ0v) is 12.9. The third-order valence-electron chi connectivity index (χ3n) is 4.15. The van der Waals surface area contributed by atoms with Gasteiger partial charge in [0.05, 0.1) is 11.9 Å². The molecule has 4 rings (SSSR count). The van der Waals surface area contributed by atoms with Crippen LogP contribution in [-0.4, -0.2) is 11.9 Å². The van der Waals surface area contributed by atoms with E-state index in [4.69, 9.17) is 4.99 Å². The van der Waals surface area contributed by atoms with Crippen LogP contribution in [0.2, 0.25) is 0 Å². The summed E-state index contributed by atoms with van der Waals surface area (Å²) in [5.41, 5.74) is 1.95. The van der Waals surface area contributed by atoms with Gasteiger partial charge in [0.1, 0.15) is 5.82 Å². The van der Waals surface area contributed by atoms with Gasteiger partial charge in [-0.3, -0.25) is 4.99 Å². The molecule has 0 saturated carbocycles. The fourth-order valence-corrected chi connectivity index (χ4v) is 2.97. The lowest BCUT2D eigenvalue weighted by molar-refractivity contribution is 0.524. The summed E-state index contributed by atoms with van der Waals surface area (Å²) in [6.45, 7) is 0. The Balaban J connectivity index is 1.93. The molecule has 0 N–H and O–H groups in total. The summed E-state index contributed by atoms with van der Waals surface area (Å²) in [6.07, 6.45) is 1.73. The molecule has 0 amide bonds. The zero-order chi connectivity index (χ0) is 16.4. The molecule has 0 aromatic heterocycles. The standard InChI is InChI=1S/C21H15FN2/c22-19-14-8-7-13-18(19)21(17-11-5-2-6-12-17)23-15-20(24-21)16-9-3-1-4-10-16/h1-15H. The topological polar surface area (TPSA) is 24.7 Å². The lowest BCUT2D eigenvalue weighted by Gasteiger charge is -2.24. The lowest BCUT2D eigenvalue weighted by Crippen LogP contribution is -2.22. The number of hydrogen-bond acceptors (Lipinski definition) is 2. The predicted molar refractivity (Wildman–Crippen MR) is 95.1 cm³/mol. The summed E-state index contributed by atoms with van der Waals surface area (Å²) in [7, 11) is 0. The first-order chi connectivity index (χ1) is 11.8. The van der Waals surface area contributed by atoms with Crippen molar-refractivity contribution in [3.05, 3.63) is 107 Å². The molecule has 24 heavy (non-hydrogen) atoms. The van der Waals surface area contributed by atoms with E-state index in [9.17, 15) is 4.39 Å². The van der Waals surface area contributed by atoms with E-state index < -0.39 is 5.66 Å². The number of rotatable bonds is 3. The van der Waals surface area contributed by atoms with E-state index in [0.717, 1.165) is 16.8 Å². The Morgan fingerprint density at radius 1 is 0.708 bits per heavy atom. The first kappa shape index (κ1) is 14.5. The Labute approximate surface area is 140 Å². The fourth-order valence-electron chi connectivity index (χ4n) is 2.97. The highest BCUT2D eigenvalue weighted by molar-refractivity contribution is 6.39. The van der Waals surface area contributed by atoms with Gasteiger partial charge in [-0.05, 0) is 6.07 Å². The largest absolute Gasteiger partial charge is 0.252 e. The second-order valence-corrected chi connectivity index (χ2v) is 5.64. The Hall–Kier alpha value is -3.07. The average Bonchev–Trinajstić information content (AvgIpc) is 3.10. The average molecular weight is 314 g/mol. The van der Waals surface area contributed by atoms with E-state index in [1.165, 1.54) is 6.07 Å². The van der Waals surface area contributed by atoms with E-state index in [0.29, 0.717) is 5.56 Å². The Bertz CT molecular complexity index is 917. The van der Waals surface area contributed by atoms with Gasteiger partial charge in [-0.2, -0.15) is 0 Å². The zero-order valence-electron chi connectivity index (χ0n) is 12.9. The first-order valence-corrected chi connectivity index (χ1v) is 7.81. The van der Waals surface area contributed by atoms with E-state index in [-0.39, 0.29) is 5.82 Å². The normalized spacial score (nSPS) is 19.3. The van der Waals surface area contributed by atoms with Gasteiger partial charge in [-0.1, -0.05) is 78.9 Å². The summed E-state index contributed by atoms with van der Waals surface area (Å²) < 4.78 is 14.6. The van der Waals surface area contributed by atoms with E-state index in [1.807, 2.05) is 66.7 Å². The van der Waals surface area contributed by atoms with Gasteiger partial charge in [0.2, 0.25) is 5.66 Å². The van der Waals surface area contributed by atoms with Crippen molar-refractivity contribution in [3.8, 4) is 0 Å². The Kier molecular flexibility index (Phi) is 3.54. The summed E-state index contributed by atoms with van der Waals surface area (Å²) in [4.78, 5) is 9.50. The molecule has 0 bridgehead atoms. The van der Waals surface area contributed by atoms with Crippen molar-refractivity contribution >= 4 is 11.9 Å². The van der Waals surface area contributed by atoms with Gasteiger partial charge < -0.3 is 0 Å². The smallest absolute Gasteiger partial charge is 0.204 e. The van der Waals surface area contributed by atoms with Crippen LogP contribution >= 0.6 is 0 Å². The molecular weight excluding hydrogens is 299 g/mol. The highest BCUT2D eigenvalue weighted by atomic mass is 19.1. The van der Waals surface area contributed by atoms with Gasteiger partial charge in [-0.25, -0.2) is 9.38 Å². The van der Waals surface area contributed by atoms with Gasteiger partial charge in [-0.15, -0.1) is 0 Å². The molecule has 1 unspecified atom stereocenters. The first-order valence-electron chi connectivity index (χ1n) is 7.81. The van der Waals surface area contributed by atoms with Crippen LogP contribution in [0.4, 0.5) is 4.39 Å². The minimum absolute atomic E-state index is 0.309. The van der Waals surface area contributed by atoms with Gasteiger partial charge in [0.25, 0.3) is 0 Å². The van der Waals surface area contributed by atoms with E-state index >= 15 is 0 Å².